The Morgan fingerprint density at radius 2 is 0.846 bits per heavy atom. The Kier molecular flexibility index (Phi) is 12.3. The Hall–Kier alpha value is -0.710. The SMILES string of the molecule is OCC(O)C(O)C(O)C(O)CNC(=S)NCC(O)C(O)C(O)C(O)CO. The fraction of sp³-hybridized carbons (Fsp3) is 0.923. The van der Waals surface area contributed by atoms with Gasteiger partial charge >= 0.3 is 0 Å². The Labute approximate surface area is 155 Å². The molecule has 0 rings (SSSR count). The summed E-state index contributed by atoms with van der Waals surface area (Å²) in [4.78, 5) is 0. The van der Waals surface area contributed by atoms with Crippen molar-refractivity contribution in [1.29, 1.82) is 0 Å². The molecule has 12 N–H and O–H groups in total. The average Bonchev–Trinajstić information content (AvgIpc) is 2.65. The maximum Gasteiger partial charge on any atom is 0.166 e. The van der Waals surface area contributed by atoms with Gasteiger partial charge in [-0.05, 0) is 12.2 Å². The molecule has 0 saturated carbocycles. The minimum atomic E-state index is -1.78. The molecule has 8 atom stereocenters. The molecule has 0 amide bonds. The van der Waals surface area contributed by atoms with Crippen molar-refractivity contribution in [3.05, 3.63) is 0 Å². The van der Waals surface area contributed by atoms with Gasteiger partial charge in [0, 0.05) is 13.1 Å². The summed E-state index contributed by atoms with van der Waals surface area (Å²) in [6.45, 7) is -2.33. The lowest BCUT2D eigenvalue weighted by Crippen LogP contribution is -2.53. The van der Waals surface area contributed by atoms with Gasteiger partial charge in [0.2, 0.25) is 0 Å². The largest absolute Gasteiger partial charge is 0.394 e. The van der Waals surface area contributed by atoms with Crippen LogP contribution in [0.1, 0.15) is 0 Å². The third-order valence-electron chi connectivity index (χ3n) is 3.59. The first kappa shape index (κ1) is 25.3. The van der Waals surface area contributed by atoms with Gasteiger partial charge in [0.15, 0.2) is 5.11 Å². The normalized spacial score (nSPS) is 21.0. The van der Waals surface area contributed by atoms with Crippen LogP contribution < -0.4 is 10.6 Å². The van der Waals surface area contributed by atoms with Crippen LogP contribution in [-0.2, 0) is 0 Å². The molecular weight excluding hydrogens is 376 g/mol. The lowest BCUT2D eigenvalue weighted by Gasteiger charge is -2.27. The van der Waals surface area contributed by atoms with Crippen molar-refractivity contribution in [2.45, 2.75) is 48.8 Å². The van der Waals surface area contributed by atoms with Crippen LogP contribution in [0.4, 0.5) is 0 Å². The Balaban J connectivity index is 4.26. The van der Waals surface area contributed by atoms with E-state index in [-0.39, 0.29) is 18.2 Å². The molecule has 156 valence electrons. The van der Waals surface area contributed by atoms with Crippen molar-refractivity contribution < 1.29 is 51.1 Å². The van der Waals surface area contributed by atoms with Gasteiger partial charge in [-0.3, -0.25) is 0 Å². The van der Waals surface area contributed by atoms with E-state index >= 15 is 0 Å². The van der Waals surface area contributed by atoms with Crippen LogP contribution in [-0.4, -0.2) is 131 Å². The van der Waals surface area contributed by atoms with Crippen LogP contribution in [0.5, 0.6) is 0 Å². The van der Waals surface area contributed by atoms with E-state index in [2.05, 4.69) is 10.6 Å². The molecule has 0 aromatic rings. The zero-order valence-electron chi connectivity index (χ0n) is 13.8. The first-order valence-corrected chi connectivity index (χ1v) is 8.15. The molecule has 0 aromatic heterocycles. The smallest absolute Gasteiger partial charge is 0.166 e. The van der Waals surface area contributed by atoms with Crippen molar-refractivity contribution in [2.75, 3.05) is 26.3 Å². The van der Waals surface area contributed by atoms with Crippen molar-refractivity contribution in [3.8, 4) is 0 Å². The molecule has 0 aliphatic carbocycles. The predicted octanol–water partition coefficient (Wildman–Crippen LogP) is -6.68. The second kappa shape index (κ2) is 12.6. The van der Waals surface area contributed by atoms with Crippen molar-refractivity contribution in [1.82, 2.24) is 10.6 Å². The van der Waals surface area contributed by atoms with Crippen LogP contribution in [0, 0.1) is 0 Å². The van der Waals surface area contributed by atoms with E-state index in [0.717, 1.165) is 0 Å². The van der Waals surface area contributed by atoms with E-state index in [0.29, 0.717) is 0 Å². The minimum absolute atomic E-state index is 0.114. The molecule has 26 heavy (non-hydrogen) atoms. The second-order valence-electron chi connectivity index (χ2n) is 5.69. The minimum Gasteiger partial charge on any atom is -0.394 e. The summed E-state index contributed by atoms with van der Waals surface area (Å²) in [5.41, 5.74) is 0. The number of hydrogen-bond donors (Lipinski definition) is 12. The Morgan fingerprint density at radius 1 is 0.577 bits per heavy atom. The van der Waals surface area contributed by atoms with E-state index in [4.69, 9.17) is 22.4 Å². The van der Waals surface area contributed by atoms with Gasteiger partial charge in [-0.15, -0.1) is 0 Å². The first-order chi connectivity index (χ1) is 12.1. The van der Waals surface area contributed by atoms with Gasteiger partial charge in [-0.2, -0.15) is 0 Å². The molecule has 0 aromatic carbocycles. The standard InChI is InChI=1S/C13H28N2O10S/c16-3-7(20)11(24)9(22)5(18)1-14-13(26)15-2-6(19)10(23)12(25)8(21)4-17/h5-12,16-25H,1-4H2,(H2,14,15,26). The molecule has 8 unspecified atom stereocenters. The molecule has 0 saturated heterocycles. The number of rotatable bonds is 12. The van der Waals surface area contributed by atoms with E-state index in [9.17, 15) is 40.9 Å². The molecule has 12 nitrogen and oxygen atoms in total. The van der Waals surface area contributed by atoms with Crippen molar-refractivity contribution in [3.63, 3.8) is 0 Å². The maximum absolute atomic E-state index is 9.68. The highest BCUT2D eigenvalue weighted by Gasteiger charge is 2.31. The summed E-state index contributed by atoms with van der Waals surface area (Å²) in [7, 11) is 0. The van der Waals surface area contributed by atoms with E-state index < -0.39 is 62.0 Å². The predicted molar refractivity (Wildman–Crippen MR) is 90.8 cm³/mol. The summed E-state index contributed by atoms with van der Waals surface area (Å²) in [5.74, 6) is 0. The summed E-state index contributed by atoms with van der Waals surface area (Å²) in [6.07, 6.45) is -13.5. The topological polar surface area (TPSA) is 226 Å². The van der Waals surface area contributed by atoms with Crippen molar-refractivity contribution >= 4 is 17.3 Å². The highest BCUT2D eigenvalue weighted by Crippen LogP contribution is 2.05. The maximum atomic E-state index is 9.68. The molecular formula is C13H28N2O10S. The second-order valence-corrected chi connectivity index (χ2v) is 6.10. The molecule has 0 spiro atoms. The molecule has 0 radical (unpaired) electrons. The van der Waals surface area contributed by atoms with E-state index in [1.807, 2.05) is 0 Å². The number of aliphatic hydroxyl groups is 10. The molecule has 0 aliphatic rings. The monoisotopic (exact) mass is 404 g/mol. The zero-order valence-corrected chi connectivity index (χ0v) is 14.6. The summed E-state index contributed by atoms with van der Waals surface area (Å²) >= 11 is 4.83. The summed E-state index contributed by atoms with van der Waals surface area (Å²) in [6, 6.07) is 0. The first-order valence-electron chi connectivity index (χ1n) is 7.74. The van der Waals surface area contributed by atoms with Gasteiger partial charge in [-0.1, -0.05) is 0 Å². The highest BCUT2D eigenvalue weighted by atomic mass is 32.1. The Morgan fingerprint density at radius 3 is 1.12 bits per heavy atom. The number of thiocarbonyl (C=S) groups is 1. The van der Waals surface area contributed by atoms with Gasteiger partial charge in [0.05, 0.1) is 25.4 Å². The number of hydrogen-bond acceptors (Lipinski definition) is 11. The third kappa shape index (κ3) is 8.32. The highest BCUT2D eigenvalue weighted by molar-refractivity contribution is 7.80. The molecule has 0 heterocycles. The van der Waals surface area contributed by atoms with Crippen LogP contribution >= 0.6 is 12.2 Å². The lowest BCUT2D eigenvalue weighted by molar-refractivity contribution is -0.113. The quantitative estimate of drug-likeness (QED) is 0.136. The molecule has 0 bridgehead atoms. The van der Waals surface area contributed by atoms with Crippen LogP contribution in [0.25, 0.3) is 0 Å². The lowest BCUT2D eigenvalue weighted by atomic mass is 10.0. The average molecular weight is 404 g/mol. The van der Waals surface area contributed by atoms with Crippen LogP contribution in [0.2, 0.25) is 0 Å². The van der Waals surface area contributed by atoms with Gasteiger partial charge in [0.25, 0.3) is 0 Å². The van der Waals surface area contributed by atoms with Crippen LogP contribution in [0.15, 0.2) is 0 Å². The zero-order chi connectivity index (χ0) is 20.4. The van der Waals surface area contributed by atoms with Gasteiger partial charge < -0.3 is 61.7 Å². The molecule has 0 aliphatic heterocycles. The fourth-order valence-corrected chi connectivity index (χ4v) is 1.99. The van der Waals surface area contributed by atoms with E-state index in [1.54, 1.807) is 0 Å². The van der Waals surface area contributed by atoms with Gasteiger partial charge in [-0.25, -0.2) is 0 Å². The third-order valence-corrected chi connectivity index (χ3v) is 3.88. The molecule has 0 fully saturated rings. The van der Waals surface area contributed by atoms with Crippen LogP contribution in [0.3, 0.4) is 0 Å². The summed E-state index contributed by atoms with van der Waals surface area (Å²) in [5, 5.41) is 98.0. The summed E-state index contributed by atoms with van der Waals surface area (Å²) < 4.78 is 0. The Bertz CT molecular complexity index is 373. The van der Waals surface area contributed by atoms with Gasteiger partial charge in [0.1, 0.15) is 36.6 Å². The number of aliphatic hydroxyl groups excluding tert-OH is 10. The molecule has 13 heteroatoms. The fourth-order valence-electron chi connectivity index (χ4n) is 1.82. The van der Waals surface area contributed by atoms with E-state index in [1.165, 1.54) is 0 Å². The number of nitrogens with one attached hydrogen (secondary N) is 2. The van der Waals surface area contributed by atoms with Crippen molar-refractivity contribution in [2.24, 2.45) is 0 Å².